The minimum absolute atomic E-state index is 0.506. The van der Waals surface area contributed by atoms with E-state index in [0.717, 1.165) is 28.1 Å². The Kier molecular flexibility index (Phi) is 4.37. The van der Waals surface area contributed by atoms with Gasteiger partial charge in [-0.05, 0) is 48.8 Å². The summed E-state index contributed by atoms with van der Waals surface area (Å²) in [4.78, 5) is 4.37. The van der Waals surface area contributed by atoms with Gasteiger partial charge in [0.25, 0.3) is 0 Å². The van der Waals surface area contributed by atoms with Crippen molar-refractivity contribution in [2.75, 3.05) is 0 Å². The smallest absolute Gasteiger partial charge is 0.101 e. The third-order valence-electron chi connectivity index (χ3n) is 3.09. The van der Waals surface area contributed by atoms with E-state index in [0.29, 0.717) is 12.1 Å². The molecule has 0 aliphatic rings. The van der Waals surface area contributed by atoms with Crippen molar-refractivity contribution in [3.8, 4) is 0 Å². The molecule has 0 spiro atoms. The topological polar surface area (TPSA) is 50.9 Å². The average Bonchev–Trinajstić information content (AvgIpc) is 2.66. The van der Waals surface area contributed by atoms with E-state index in [2.05, 4.69) is 26.0 Å². The molecule has 0 fully saturated rings. The molecular weight excluding hydrogens is 306 g/mol. The van der Waals surface area contributed by atoms with Crippen LogP contribution in [0.4, 0.5) is 0 Å². The second-order valence-corrected chi connectivity index (χ2v) is 5.38. The molecule has 1 atom stereocenters. The van der Waals surface area contributed by atoms with E-state index in [1.165, 1.54) is 0 Å². The minimum atomic E-state index is -0.613. The van der Waals surface area contributed by atoms with Crippen LogP contribution < -0.4 is 0 Å². The maximum Gasteiger partial charge on any atom is 0.101 e. The van der Waals surface area contributed by atoms with Crippen molar-refractivity contribution in [2.24, 2.45) is 0 Å². The summed E-state index contributed by atoms with van der Waals surface area (Å²) >= 11 is 3.54. The first-order valence-electron chi connectivity index (χ1n) is 6.36. The van der Waals surface area contributed by atoms with Crippen molar-refractivity contribution in [3.63, 3.8) is 0 Å². The fraction of sp³-hybridized carbons (Fsp3) is 0.429. The van der Waals surface area contributed by atoms with Crippen LogP contribution in [0.25, 0.3) is 0 Å². The van der Waals surface area contributed by atoms with E-state index in [1.54, 1.807) is 0 Å². The number of hydrogen-bond donors (Lipinski definition) is 1. The fourth-order valence-corrected chi connectivity index (χ4v) is 2.55. The first-order valence-corrected chi connectivity index (χ1v) is 7.15. The lowest BCUT2D eigenvalue weighted by Gasteiger charge is -2.12. The number of aliphatic hydroxyl groups excluding tert-OH is 1. The third-order valence-corrected chi connectivity index (χ3v) is 4.12. The highest BCUT2D eigenvalue weighted by molar-refractivity contribution is 9.10. The molecule has 0 aliphatic heterocycles. The van der Waals surface area contributed by atoms with Gasteiger partial charge in [-0.25, -0.2) is 0 Å². The summed E-state index contributed by atoms with van der Waals surface area (Å²) in [5, 5.41) is 14.8. The first-order chi connectivity index (χ1) is 9.02. The molecule has 4 nitrogen and oxygen atoms in total. The van der Waals surface area contributed by atoms with Gasteiger partial charge in [0.05, 0.1) is 21.6 Å². The predicted molar refractivity (Wildman–Crippen MR) is 78.0 cm³/mol. The van der Waals surface area contributed by atoms with Crippen LogP contribution in [0, 0.1) is 13.8 Å². The Morgan fingerprint density at radius 1 is 1.37 bits per heavy atom. The molecule has 0 saturated heterocycles. The van der Waals surface area contributed by atoms with Crippen molar-refractivity contribution in [1.29, 1.82) is 0 Å². The molecular formula is C14H18BrN3O. The second kappa shape index (κ2) is 5.84. The highest BCUT2D eigenvalue weighted by Gasteiger charge is 2.18. The van der Waals surface area contributed by atoms with Crippen molar-refractivity contribution < 1.29 is 5.11 Å². The summed E-state index contributed by atoms with van der Waals surface area (Å²) in [7, 11) is 0. The number of aliphatic hydroxyl groups is 1. The van der Waals surface area contributed by atoms with Crippen LogP contribution in [-0.4, -0.2) is 19.9 Å². The minimum Gasteiger partial charge on any atom is -0.386 e. The molecule has 2 rings (SSSR count). The molecule has 0 radical (unpaired) electrons. The Labute approximate surface area is 121 Å². The van der Waals surface area contributed by atoms with Crippen molar-refractivity contribution in [3.05, 3.63) is 45.4 Å². The first kappa shape index (κ1) is 14.2. The van der Waals surface area contributed by atoms with Crippen LogP contribution in [0.1, 0.15) is 35.8 Å². The van der Waals surface area contributed by atoms with Gasteiger partial charge in [0.2, 0.25) is 0 Å². The molecule has 0 saturated carbocycles. The molecule has 2 heterocycles. The molecule has 5 heteroatoms. The Morgan fingerprint density at radius 3 is 2.74 bits per heavy atom. The number of aromatic nitrogens is 3. The molecule has 0 bridgehead atoms. The van der Waals surface area contributed by atoms with Gasteiger partial charge < -0.3 is 5.11 Å². The summed E-state index contributed by atoms with van der Waals surface area (Å²) in [5.41, 5.74) is 3.57. The zero-order valence-corrected chi connectivity index (χ0v) is 13.0. The van der Waals surface area contributed by atoms with Crippen LogP contribution in [0.3, 0.4) is 0 Å². The van der Waals surface area contributed by atoms with Gasteiger partial charge in [-0.15, -0.1) is 0 Å². The Bertz CT molecular complexity index is 580. The number of hydrogen-bond acceptors (Lipinski definition) is 3. The van der Waals surface area contributed by atoms with E-state index < -0.39 is 6.10 Å². The zero-order chi connectivity index (χ0) is 14.0. The quantitative estimate of drug-likeness (QED) is 0.941. The van der Waals surface area contributed by atoms with Crippen molar-refractivity contribution in [2.45, 2.75) is 39.8 Å². The number of nitrogens with zero attached hydrogens (tertiary/aromatic N) is 3. The maximum absolute atomic E-state index is 10.3. The largest absolute Gasteiger partial charge is 0.386 e. The summed E-state index contributed by atoms with van der Waals surface area (Å²) in [6.45, 7) is 6.71. The molecule has 0 aromatic carbocycles. The van der Waals surface area contributed by atoms with Crippen LogP contribution in [-0.2, 0) is 13.0 Å². The molecule has 2 aromatic heterocycles. The fourth-order valence-electron chi connectivity index (χ4n) is 2.10. The van der Waals surface area contributed by atoms with Crippen LogP contribution >= 0.6 is 15.9 Å². The molecule has 102 valence electrons. The van der Waals surface area contributed by atoms with E-state index in [1.807, 2.05) is 43.7 Å². The average molecular weight is 324 g/mol. The Balaban J connectivity index is 2.26. The van der Waals surface area contributed by atoms with Crippen LogP contribution in [0.5, 0.6) is 0 Å². The second-order valence-electron chi connectivity index (χ2n) is 4.59. The number of halogens is 1. The monoisotopic (exact) mass is 323 g/mol. The summed E-state index contributed by atoms with van der Waals surface area (Å²) < 4.78 is 2.89. The van der Waals surface area contributed by atoms with Crippen LogP contribution in [0.15, 0.2) is 22.7 Å². The molecule has 2 aromatic rings. The van der Waals surface area contributed by atoms with E-state index in [-0.39, 0.29) is 0 Å². The maximum atomic E-state index is 10.3. The van der Waals surface area contributed by atoms with Gasteiger partial charge in [0.15, 0.2) is 0 Å². The number of aryl methyl sites for hydroxylation is 3. The van der Waals surface area contributed by atoms with Gasteiger partial charge in [-0.1, -0.05) is 6.07 Å². The lowest BCUT2D eigenvalue weighted by molar-refractivity contribution is 0.170. The summed E-state index contributed by atoms with van der Waals surface area (Å²) in [5.74, 6) is 0. The lowest BCUT2D eigenvalue weighted by atomic mass is 10.1. The standard InChI is InChI=1S/C14H18BrN3O/c1-4-18-12(14(15)10(3)17-18)8-13(19)11-7-5-6-9(2)16-11/h5-7,13,19H,4,8H2,1-3H3. The van der Waals surface area contributed by atoms with Gasteiger partial charge >= 0.3 is 0 Å². The predicted octanol–water partition coefficient (Wildman–Crippen LogP) is 2.95. The highest BCUT2D eigenvalue weighted by Crippen LogP contribution is 2.26. The number of pyridine rings is 1. The van der Waals surface area contributed by atoms with E-state index in [9.17, 15) is 5.11 Å². The Hall–Kier alpha value is -1.20. The van der Waals surface area contributed by atoms with Crippen molar-refractivity contribution >= 4 is 15.9 Å². The molecule has 0 amide bonds. The molecule has 1 N–H and O–H groups in total. The van der Waals surface area contributed by atoms with Gasteiger partial charge in [0.1, 0.15) is 6.10 Å². The lowest BCUT2D eigenvalue weighted by Crippen LogP contribution is -2.10. The molecule has 0 aliphatic carbocycles. The van der Waals surface area contributed by atoms with Gasteiger partial charge in [-0.2, -0.15) is 5.10 Å². The zero-order valence-electron chi connectivity index (χ0n) is 11.4. The molecule has 1 unspecified atom stereocenters. The summed E-state index contributed by atoms with van der Waals surface area (Å²) in [6, 6.07) is 5.69. The van der Waals surface area contributed by atoms with Gasteiger partial charge in [-0.3, -0.25) is 9.67 Å². The van der Waals surface area contributed by atoms with Crippen LogP contribution in [0.2, 0.25) is 0 Å². The van der Waals surface area contributed by atoms with Crippen molar-refractivity contribution in [1.82, 2.24) is 14.8 Å². The number of rotatable bonds is 4. The van der Waals surface area contributed by atoms with Gasteiger partial charge in [0, 0.05) is 18.7 Å². The highest BCUT2D eigenvalue weighted by atomic mass is 79.9. The molecule has 19 heavy (non-hydrogen) atoms. The Morgan fingerprint density at radius 2 is 2.11 bits per heavy atom. The normalized spacial score (nSPS) is 12.7. The summed E-state index contributed by atoms with van der Waals surface area (Å²) in [6.07, 6.45) is -0.108. The SMILES string of the molecule is CCn1nc(C)c(Br)c1CC(O)c1cccc(C)n1. The van der Waals surface area contributed by atoms with E-state index >= 15 is 0 Å². The van der Waals surface area contributed by atoms with E-state index in [4.69, 9.17) is 0 Å². The third kappa shape index (κ3) is 3.04.